The summed E-state index contributed by atoms with van der Waals surface area (Å²) >= 11 is 5.89. The zero-order valence-corrected chi connectivity index (χ0v) is 19.6. The highest BCUT2D eigenvalue weighted by atomic mass is 35.5. The maximum absolute atomic E-state index is 13.5. The van der Waals surface area contributed by atoms with Crippen molar-refractivity contribution in [3.05, 3.63) is 89.3 Å². The predicted molar refractivity (Wildman–Crippen MR) is 132 cm³/mol. The van der Waals surface area contributed by atoms with Crippen LogP contribution in [0.25, 0.3) is 11.1 Å². The summed E-state index contributed by atoms with van der Waals surface area (Å²) in [7, 11) is 0. The van der Waals surface area contributed by atoms with Crippen LogP contribution in [0.3, 0.4) is 0 Å². The molecule has 3 aromatic heterocycles. The third-order valence-electron chi connectivity index (χ3n) is 4.98. The van der Waals surface area contributed by atoms with Crippen LogP contribution < -0.4 is 10.6 Å². The van der Waals surface area contributed by atoms with Crippen molar-refractivity contribution in [3.8, 4) is 11.1 Å². The van der Waals surface area contributed by atoms with Crippen LogP contribution in [0.15, 0.2) is 67.4 Å². The molecule has 8 nitrogen and oxygen atoms in total. The van der Waals surface area contributed by atoms with Gasteiger partial charge >= 0.3 is 5.97 Å². The van der Waals surface area contributed by atoms with Crippen molar-refractivity contribution in [2.24, 2.45) is 0 Å². The van der Waals surface area contributed by atoms with Crippen molar-refractivity contribution >= 4 is 35.0 Å². The third kappa shape index (κ3) is 6.27. The first-order valence-corrected chi connectivity index (χ1v) is 11.3. The Kier molecular flexibility index (Phi) is 7.79. The van der Waals surface area contributed by atoms with Gasteiger partial charge in [-0.25, -0.2) is 14.2 Å². The molecule has 0 aliphatic heterocycles. The highest BCUT2D eigenvalue weighted by Gasteiger charge is 2.14. The van der Waals surface area contributed by atoms with Crippen LogP contribution in [-0.4, -0.2) is 39.1 Å². The number of carbonyl (C=O) groups is 1. The largest absolute Gasteiger partial charge is 0.462 e. The average Bonchev–Trinajstić information content (AvgIpc) is 2.87. The normalized spacial score (nSPS) is 10.6. The first kappa shape index (κ1) is 24.0. The van der Waals surface area contributed by atoms with Gasteiger partial charge in [-0.3, -0.25) is 9.97 Å². The number of hydrogen-bond donors (Lipinski definition) is 2. The van der Waals surface area contributed by atoms with Gasteiger partial charge in [-0.2, -0.15) is 4.98 Å². The maximum atomic E-state index is 13.5. The molecule has 0 amide bonds. The fourth-order valence-corrected chi connectivity index (χ4v) is 3.46. The molecule has 35 heavy (non-hydrogen) atoms. The van der Waals surface area contributed by atoms with Gasteiger partial charge in [-0.05, 0) is 55.3 Å². The number of ether oxygens (including phenoxy) is 1. The molecule has 0 spiro atoms. The first-order chi connectivity index (χ1) is 17.0. The molecule has 0 radical (unpaired) electrons. The van der Waals surface area contributed by atoms with Crippen LogP contribution in [-0.2, 0) is 11.2 Å². The van der Waals surface area contributed by atoms with Gasteiger partial charge in [0.15, 0.2) is 0 Å². The van der Waals surface area contributed by atoms with Crippen LogP contribution in [0.2, 0.25) is 5.02 Å². The molecule has 178 valence electrons. The minimum absolute atomic E-state index is 0.0100. The molecule has 0 unspecified atom stereocenters. The molecule has 4 rings (SSSR count). The van der Waals surface area contributed by atoms with Crippen LogP contribution in [0.4, 0.5) is 21.8 Å². The molecule has 0 aliphatic rings. The molecule has 0 fully saturated rings. The fraction of sp³-hybridized carbons (Fsp3) is 0.160. The van der Waals surface area contributed by atoms with Gasteiger partial charge < -0.3 is 15.4 Å². The van der Waals surface area contributed by atoms with Gasteiger partial charge in [-0.1, -0.05) is 11.6 Å². The van der Waals surface area contributed by atoms with Crippen molar-refractivity contribution in [1.29, 1.82) is 0 Å². The lowest BCUT2D eigenvalue weighted by molar-refractivity contribution is 0.0526. The van der Waals surface area contributed by atoms with E-state index in [0.717, 1.165) is 12.0 Å². The highest BCUT2D eigenvalue weighted by molar-refractivity contribution is 6.31. The van der Waals surface area contributed by atoms with Gasteiger partial charge in [0.25, 0.3) is 0 Å². The van der Waals surface area contributed by atoms with E-state index < -0.39 is 11.8 Å². The van der Waals surface area contributed by atoms with Crippen molar-refractivity contribution < 1.29 is 13.9 Å². The van der Waals surface area contributed by atoms with Crippen molar-refractivity contribution in [1.82, 2.24) is 19.9 Å². The number of hydrogen-bond acceptors (Lipinski definition) is 8. The zero-order valence-electron chi connectivity index (χ0n) is 18.8. The maximum Gasteiger partial charge on any atom is 0.339 e. The Bertz CT molecular complexity index is 1320. The summed E-state index contributed by atoms with van der Waals surface area (Å²) in [6.07, 6.45) is 8.93. The van der Waals surface area contributed by atoms with Crippen molar-refractivity contribution in [3.63, 3.8) is 0 Å². The molecule has 0 atom stereocenters. The van der Waals surface area contributed by atoms with E-state index in [1.54, 1.807) is 43.8 Å². The molecule has 10 heteroatoms. The number of benzene rings is 1. The number of halogens is 2. The van der Waals surface area contributed by atoms with E-state index in [2.05, 4.69) is 30.6 Å². The lowest BCUT2D eigenvalue weighted by Crippen LogP contribution is -2.10. The van der Waals surface area contributed by atoms with E-state index in [-0.39, 0.29) is 17.6 Å². The van der Waals surface area contributed by atoms with Crippen molar-refractivity contribution in [2.75, 3.05) is 23.8 Å². The summed E-state index contributed by atoms with van der Waals surface area (Å²) in [6.45, 7) is 2.59. The van der Waals surface area contributed by atoms with E-state index >= 15 is 0 Å². The van der Waals surface area contributed by atoms with Crippen LogP contribution in [0.1, 0.15) is 22.8 Å². The van der Waals surface area contributed by atoms with E-state index in [0.29, 0.717) is 34.7 Å². The minimum Gasteiger partial charge on any atom is -0.462 e. The molecule has 0 aliphatic carbocycles. The Morgan fingerprint density at radius 1 is 1.09 bits per heavy atom. The number of rotatable bonds is 9. The lowest BCUT2D eigenvalue weighted by Gasteiger charge is -2.14. The number of esters is 1. The Morgan fingerprint density at radius 2 is 1.91 bits per heavy atom. The minimum atomic E-state index is -0.513. The summed E-state index contributed by atoms with van der Waals surface area (Å²) in [5.74, 6) is -0.146. The fourth-order valence-electron chi connectivity index (χ4n) is 3.28. The summed E-state index contributed by atoms with van der Waals surface area (Å²) in [4.78, 5) is 29.4. The standard InChI is InChI=1S/C25H22ClFN6O2/c1-2-35-24(34)18-11-17(13-29-14-18)20-15-31-25(32-19-3-4-22(27)21(26)12-19)33-23(20)30-10-7-16-5-8-28-9-6-16/h3-6,8-9,11-15H,2,7,10H2,1H3,(H2,30,31,32,33). The van der Waals surface area contributed by atoms with Gasteiger partial charge in [0.05, 0.1) is 17.2 Å². The third-order valence-corrected chi connectivity index (χ3v) is 5.27. The number of pyridine rings is 2. The quantitative estimate of drug-likeness (QED) is 0.303. The topological polar surface area (TPSA) is 102 Å². The molecule has 0 bridgehead atoms. The molecule has 2 N–H and O–H groups in total. The van der Waals surface area contributed by atoms with Crippen LogP contribution in [0.5, 0.6) is 0 Å². The molecule has 3 heterocycles. The molecule has 1 aromatic carbocycles. The summed E-state index contributed by atoms with van der Waals surface area (Å²) in [6, 6.07) is 9.84. The van der Waals surface area contributed by atoms with Gasteiger partial charge in [0.1, 0.15) is 11.6 Å². The number of aromatic nitrogens is 4. The molecular weight excluding hydrogens is 471 g/mol. The van der Waals surface area contributed by atoms with E-state index in [4.69, 9.17) is 16.3 Å². The average molecular weight is 493 g/mol. The molecule has 0 saturated carbocycles. The molecular formula is C25H22ClFN6O2. The molecule has 4 aromatic rings. The van der Waals surface area contributed by atoms with E-state index in [1.807, 2.05) is 12.1 Å². The van der Waals surface area contributed by atoms with E-state index in [9.17, 15) is 9.18 Å². The van der Waals surface area contributed by atoms with E-state index in [1.165, 1.54) is 18.3 Å². The van der Waals surface area contributed by atoms with Gasteiger partial charge in [0.2, 0.25) is 5.95 Å². The Morgan fingerprint density at radius 3 is 2.69 bits per heavy atom. The first-order valence-electron chi connectivity index (χ1n) is 10.9. The summed E-state index contributed by atoms with van der Waals surface area (Å²) in [5, 5.41) is 6.36. The second kappa shape index (κ2) is 11.3. The number of carbonyl (C=O) groups excluding carboxylic acids is 1. The van der Waals surface area contributed by atoms with Crippen LogP contribution in [0, 0.1) is 5.82 Å². The number of nitrogens with zero attached hydrogens (tertiary/aromatic N) is 4. The smallest absolute Gasteiger partial charge is 0.339 e. The summed E-state index contributed by atoms with van der Waals surface area (Å²) in [5.41, 5.74) is 3.29. The zero-order chi connectivity index (χ0) is 24.6. The SMILES string of the molecule is CCOC(=O)c1cncc(-c2cnc(Nc3ccc(F)c(Cl)c3)nc2NCCc2ccncc2)c1. The van der Waals surface area contributed by atoms with Gasteiger partial charge in [-0.15, -0.1) is 0 Å². The second-order valence-electron chi connectivity index (χ2n) is 7.42. The second-order valence-corrected chi connectivity index (χ2v) is 7.83. The van der Waals surface area contributed by atoms with Crippen molar-refractivity contribution in [2.45, 2.75) is 13.3 Å². The number of nitrogens with one attached hydrogen (secondary N) is 2. The highest BCUT2D eigenvalue weighted by Crippen LogP contribution is 2.28. The Hall–Kier alpha value is -4.11. The van der Waals surface area contributed by atoms with Crippen LogP contribution >= 0.6 is 11.6 Å². The molecule has 0 saturated heterocycles. The Balaban J connectivity index is 1.63. The summed E-state index contributed by atoms with van der Waals surface area (Å²) < 4.78 is 18.6. The predicted octanol–water partition coefficient (Wildman–Crippen LogP) is 5.30. The monoisotopic (exact) mass is 492 g/mol. The number of anilines is 3. The van der Waals surface area contributed by atoms with Gasteiger partial charge in [0, 0.05) is 54.3 Å². The Labute approximate surface area is 206 Å². The lowest BCUT2D eigenvalue weighted by atomic mass is 10.1.